The molecule has 0 amide bonds. The quantitative estimate of drug-likeness (QED) is 0.772. The van der Waals surface area contributed by atoms with Crippen LogP contribution in [0, 0.1) is 12.7 Å². The molecule has 2 aromatic rings. The van der Waals surface area contributed by atoms with E-state index in [2.05, 4.69) is 15.9 Å². The van der Waals surface area contributed by atoms with Crippen molar-refractivity contribution >= 4 is 21.7 Å². The van der Waals surface area contributed by atoms with Crippen LogP contribution in [0.5, 0.6) is 0 Å². The first-order valence-corrected chi connectivity index (χ1v) is 6.39. The van der Waals surface area contributed by atoms with Crippen molar-refractivity contribution < 1.29 is 9.18 Å². The third-order valence-electron chi connectivity index (χ3n) is 2.71. The number of ketones is 1. The van der Waals surface area contributed by atoms with Gasteiger partial charge in [-0.1, -0.05) is 45.8 Å². The average molecular weight is 307 g/mol. The summed E-state index contributed by atoms with van der Waals surface area (Å²) >= 11 is 3.24. The van der Waals surface area contributed by atoms with E-state index >= 15 is 0 Å². The third-order valence-corrected chi connectivity index (χ3v) is 3.21. The van der Waals surface area contributed by atoms with Crippen molar-refractivity contribution in [3.05, 3.63) is 69.4 Å². The highest BCUT2D eigenvalue weighted by Gasteiger charge is 2.12. The molecule has 1 nitrogen and oxygen atoms in total. The molecule has 0 bridgehead atoms. The highest BCUT2D eigenvalue weighted by molar-refractivity contribution is 9.10. The van der Waals surface area contributed by atoms with Crippen molar-refractivity contribution in [3.8, 4) is 0 Å². The second kappa shape index (κ2) is 5.44. The molecule has 0 aliphatic heterocycles. The number of aryl methyl sites for hydroxylation is 1. The number of carbonyl (C=O) groups is 1. The number of benzene rings is 2. The Bertz CT molecular complexity index is 576. The summed E-state index contributed by atoms with van der Waals surface area (Å²) in [7, 11) is 0. The molecule has 0 radical (unpaired) electrons. The van der Waals surface area contributed by atoms with Gasteiger partial charge in [0.1, 0.15) is 5.82 Å². The number of hydrogen-bond acceptors (Lipinski definition) is 1. The van der Waals surface area contributed by atoms with Crippen LogP contribution in [0.2, 0.25) is 0 Å². The number of rotatable bonds is 3. The molecule has 18 heavy (non-hydrogen) atoms. The number of carbonyl (C=O) groups excluding carboxylic acids is 1. The molecule has 0 unspecified atom stereocenters. The van der Waals surface area contributed by atoms with Crippen molar-refractivity contribution in [2.24, 2.45) is 0 Å². The molecule has 0 fully saturated rings. The van der Waals surface area contributed by atoms with E-state index in [1.807, 2.05) is 31.2 Å². The van der Waals surface area contributed by atoms with Gasteiger partial charge in [0.25, 0.3) is 0 Å². The van der Waals surface area contributed by atoms with Crippen molar-refractivity contribution in [1.29, 1.82) is 0 Å². The fourth-order valence-electron chi connectivity index (χ4n) is 1.70. The van der Waals surface area contributed by atoms with Gasteiger partial charge in [0, 0.05) is 10.9 Å². The second-order valence-corrected chi connectivity index (χ2v) is 5.13. The number of hydrogen-bond donors (Lipinski definition) is 0. The van der Waals surface area contributed by atoms with Crippen LogP contribution in [0.25, 0.3) is 0 Å². The lowest BCUT2D eigenvalue weighted by molar-refractivity contribution is 0.0989. The smallest absolute Gasteiger partial charge is 0.170 e. The Morgan fingerprint density at radius 2 is 1.83 bits per heavy atom. The molecule has 0 heterocycles. The van der Waals surface area contributed by atoms with Gasteiger partial charge in [-0.2, -0.15) is 0 Å². The summed E-state index contributed by atoms with van der Waals surface area (Å²) in [5, 5.41) is 0. The van der Waals surface area contributed by atoms with E-state index in [4.69, 9.17) is 0 Å². The summed E-state index contributed by atoms with van der Waals surface area (Å²) in [6.07, 6.45) is 0.216. The lowest BCUT2D eigenvalue weighted by Gasteiger charge is -2.04. The van der Waals surface area contributed by atoms with E-state index in [1.165, 1.54) is 12.1 Å². The van der Waals surface area contributed by atoms with Gasteiger partial charge >= 0.3 is 0 Å². The molecule has 0 spiro atoms. The first kappa shape index (κ1) is 13.0. The van der Waals surface area contributed by atoms with E-state index < -0.39 is 5.82 Å². The van der Waals surface area contributed by atoms with Crippen LogP contribution < -0.4 is 0 Å². The normalized spacial score (nSPS) is 10.4. The van der Waals surface area contributed by atoms with E-state index in [0.717, 1.165) is 11.1 Å². The summed E-state index contributed by atoms with van der Waals surface area (Å²) in [6, 6.07) is 12.1. The Kier molecular flexibility index (Phi) is 3.92. The molecule has 2 rings (SSSR count). The molecule has 0 aromatic heterocycles. The lowest BCUT2D eigenvalue weighted by Crippen LogP contribution is -2.06. The predicted octanol–water partition coefficient (Wildman–Crippen LogP) is 4.32. The monoisotopic (exact) mass is 306 g/mol. The molecule has 0 atom stereocenters. The molecule has 0 aliphatic rings. The maximum absolute atomic E-state index is 13.5. The summed E-state index contributed by atoms with van der Waals surface area (Å²) in [4.78, 5) is 12.0. The summed E-state index contributed by atoms with van der Waals surface area (Å²) in [5.41, 5.74) is 2.16. The standard InChI is InChI=1S/C15H12BrFO/c1-10-2-4-11(5-3-10)8-15(18)13-9-12(16)6-7-14(13)17/h2-7,9H,8H2,1H3. The predicted molar refractivity (Wildman–Crippen MR) is 73.3 cm³/mol. The molecule has 0 aliphatic carbocycles. The Labute approximate surface area is 114 Å². The average Bonchev–Trinajstić information content (AvgIpc) is 2.35. The van der Waals surface area contributed by atoms with Gasteiger partial charge in [-0.3, -0.25) is 4.79 Å². The molecule has 0 saturated heterocycles. The molecular weight excluding hydrogens is 295 g/mol. The fraction of sp³-hybridized carbons (Fsp3) is 0.133. The molecule has 92 valence electrons. The van der Waals surface area contributed by atoms with Crippen molar-refractivity contribution in [1.82, 2.24) is 0 Å². The Balaban J connectivity index is 2.21. The maximum atomic E-state index is 13.5. The summed E-state index contributed by atoms with van der Waals surface area (Å²) in [5.74, 6) is -0.687. The van der Waals surface area contributed by atoms with E-state index in [0.29, 0.717) is 4.47 Å². The first-order valence-electron chi connectivity index (χ1n) is 5.60. The van der Waals surface area contributed by atoms with Crippen LogP contribution in [-0.2, 0) is 6.42 Å². The topological polar surface area (TPSA) is 17.1 Å². The van der Waals surface area contributed by atoms with Gasteiger partial charge in [-0.15, -0.1) is 0 Å². The minimum Gasteiger partial charge on any atom is -0.294 e. The van der Waals surface area contributed by atoms with Gasteiger partial charge in [0.2, 0.25) is 0 Å². The number of halogens is 2. The Hall–Kier alpha value is -1.48. The molecule has 3 heteroatoms. The second-order valence-electron chi connectivity index (χ2n) is 4.21. The van der Waals surface area contributed by atoms with Crippen molar-refractivity contribution in [2.75, 3.05) is 0 Å². The third kappa shape index (κ3) is 3.05. The minimum absolute atomic E-state index is 0.130. The largest absolute Gasteiger partial charge is 0.294 e. The van der Waals surface area contributed by atoms with Crippen LogP contribution in [0.1, 0.15) is 21.5 Å². The molecular formula is C15H12BrFO. The van der Waals surface area contributed by atoms with Crippen LogP contribution in [-0.4, -0.2) is 5.78 Å². The van der Waals surface area contributed by atoms with Crippen LogP contribution >= 0.6 is 15.9 Å². The minimum atomic E-state index is -0.477. The van der Waals surface area contributed by atoms with Crippen molar-refractivity contribution in [2.45, 2.75) is 13.3 Å². The van der Waals surface area contributed by atoms with Gasteiger partial charge < -0.3 is 0 Å². The summed E-state index contributed by atoms with van der Waals surface area (Å²) < 4.78 is 14.2. The molecule has 0 saturated carbocycles. The lowest BCUT2D eigenvalue weighted by atomic mass is 10.0. The van der Waals surface area contributed by atoms with Gasteiger partial charge in [-0.25, -0.2) is 4.39 Å². The van der Waals surface area contributed by atoms with Crippen molar-refractivity contribution in [3.63, 3.8) is 0 Å². The van der Waals surface area contributed by atoms with Crippen LogP contribution in [0.4, 0.5) is 4.39 Å². The van der Waals surface area contributed by atoms with Crippen LogP contribution in [0.3, 0.4) is 0 Å². The van der Waals surface area contributed by atoms with Gasteiger partial charge in [-0.05, 0) is 30.7 Å². The highest BCUT2D eigenvalue weighted by atomic mass is 79.9. The Morgan fingerprint density at radius 1 is 1.17 bits per heavy atom. The molecule has 2 aromatic carbocycles. The van der Waals surface area contributed by atoms with E-state index in [-0.39, 0.29) is 17.8 Å². The first-order chi connectivity index (χ1) is 8.56. The zero-order valence-corrected chi connectivity index (χ0v) is 11.5. The fourth-order valence-corrected chi connectivity index (χ4v) is 2.06. The SMILES string of the molecule is Cc1ccc(CC(=O)c2cc(Br)ccc2F)cc1. The zero-order chi connectivity index (χ0) is 13.1. The van der Waals surface area contributed by atoms with E-state index in [1.54, 1.807) is 6.07 Å². The zero-order valence-electron chi connectivity index (χ0n) is 9.91. The highest BCUT2D eigenvalue weighted by Crippen LogP contribution is 2.17. The van der Waals surface area contributed by atoms with E-state index in [9.17, 15) is 9.18 Å². The van der Waals surface area contributed by atoms with Gasteiger partial charge in [0.15, 0.2) is 5.78 Å². The number of Topliss-reactive ketones (excluding diaryl/α,β-unsaturated/α-hetero) is 1. The molecule has 0 N–H and O–H groups in total. The Morgan fingerprint density at radius 3 is 2.50 bits per heavy atom. The van der Waals surface area contributed by atoms with Crippen LogP contribution in [0.15, 0.2) is 46.9 Å². The van der Waals surface area contributed by atoms with Gasteiger partial charge in [0.05, 0.1) is 5.56 Å². The maximum Gasteiger partial charge on any atom is 0.170 e. The summed E-state index contributed by atoms with van der Waals surface area (Å²) in [6.45, 7) is 1.99.